The fourth-order valence-electron chi connectivity index (χ4n) is 2.61. The number of hydrogen-bond donors (Lipinski definition) is 2. The summed E-state index contributed by atoms with van der Waals surface area (Å²) in [7, 11) is -4.01. The van der Waals surface area contributed by atoms with Crippen LogP contribution in [-0.4, -0.2) is 20.4 Å². The summed E-state index contributed by atoms with van der Waals surface area (Å²) in [6.45, 7) is 7.41. The van der Waals surface area contributed by atoms with Gasteiger partial charge in [0.05, 0.1) is 11.1 Å². The molecule has 2 N–H and O–H groups in total. The number of halogens is 2. The van der Waals surface area contributed by atoms with E-state index < -0.39 is 22.0 Å². The van der Waals surface area contributed by atoms with Crippen molar-refractivity contribution in [1.82, 2.24) is 4.72 Å². The number of carbonyl (C=O) groups is 1. The molecule has 2 aromatic rings. The van der Waals surface area contributed by atoms with Gasteiger partial charge >= 0.3 is 0 Å². The number of benzene rings is 2. The zero-order valence-corrected chi connectivity index (χ0v) is 17.8. The van der Waals surface area contributed by atoms with Crippen molar-refractivity contribution in [3.05, 3.63) is 57.6 Å². The third-order valence-corrected chi connectivity index (χ3v) is 6.34. The van der Waals surface area contributed by atoms with Crippen molar-refractivity contribution in [2.75, 3.05) is 5.32 Å². The quantitative estimate of drug-likeness (QED) is 0.697. The Bertz CT molecular complexity index is 959. The van der Waals surface area contributed by atoms with Crippen LogP contribution in [0.5, 0.6) is 0 Å². The molecular formula is C19H22Cl2N2O3S. The zero-order valence-electron chi connectivity index (χ0n) is 15.5. The predicted octanol–water partition coefficient (Wildman–Crippen LogP) is 4.73. The molecule has 2 aromatic carbocycles. The number of para-hydroxylation sites is 1. The van der Waals surface area contributed by atoms with E-state index in [-0.39, 0.29) is 20.9 Å². The standard InChI is InChI=1S/C19H22Cl2N2O3S/c1-11(2)15-7-5-6-12(3)18(15)22-19(24)13(4)23-27(25,26)17-10-14(20)8-9-16(17)21/h5-11,13,23H,1-4H3,(H,22,24)/t13-/m0/s1. The summed E-state index contributed by atoms with van der Waals surface area (Å²) in [5.41, 5.74) is 2.59. The van der Waals surface area contributed by atoms with E-state index in [9.17, 15) is 13.2 Å². The molecule has 2 rings (SSSR count). The molecule has 0 unspecified atom stereocenters. The molecule has 0 aliphatic carbocycles. The molecule has 0 bridgehead atoms. The molecule has 0 radical (unpaired) electrons. The number of amides is 1. The average molecular weight is 429 g/mol. The molecule has 8 heteroatoms. The Labute approximate surface area is 170 Å². The lowest BCUT2D eigenvalue weighted by Crippen LogP contribution is -2.41. The van der Waals surface area contributed by atoms with E-state index in [0.717, 1.165) is 11.1 Å². The monoisotopic (exact) mass is 428 g/mol. The largest absolute Gasteiger partial charge is 0.324 e. The maximum atomic E-state index is 12.6. The molecule has 0 aliphatic rings. The number of aryl methyl sites for hydroxylation is 1. The lowest BCUT2D eigenvalue weighted by molar-refractivity contribution is -0.117. The van der Waals surface area contributed by atoms with E-state index in [0.29, 0.717) is 5.69 Å². The van der Waals surface area contributed by atoms with Crippen LogP contribution >= 0.6 is 23.2 Å². The third-order valence-electron chi connectivity index (χ3n) is 4.08. The van der Waals surface area contributed by atoms with E-state index in [4.69, 9.17) is 23.2 Å². The second-order valence-electron chi connectivity index (χ2n) is 6.60. The first-order valence-corrected chi connectivity index (χ1v) is 10.6. The summed E-state index contributed by atoms with van der Waals surface area (Å²) in [6, 6.07) is 8.87. The van der Waals surface area contributed by atoms with Crippen LogP contribution in [0.25, 0.3) is 0 Å². The number of carbonyl (C=O) groups excluding carboxylic acids is 1. The van der Waals surface area contributed by atoms with Crippen molar-refractivity contribution in [1.29, 1.82) is 0 Å². The van der Waals surface area contributed by atoms with E-state index in [1.54, 1.807) is 0 Å². The van der Waals surface area contributed by atoms with Gasteiger partial charge in [-0.3, -0.25) is 4.79 Å². The molecular weight excluding hydrogens is 407 g/mol. The van der Waals surface area contributed by atoms with Gasteiger partial charge < -0.3 is 5.32 Å². The Morgan fingerprint density at radius 1 is 1.07 bits per heavy atom. The Kier molecular flexibility index (Phi) is 6.92. The summed E-state index contributed by atoms with van der Waals surface area (Å²) in [4.78, 5) is 12.4. The Hall–Kier alpha value is -1.60. The number of rotatable bonds is 6. The van der Waals surface area contributed by atoms with E-state index in [1.165, 1.54) is 25.1 Å². The summed E-state index contributed by atoms with van der Waals surface area (Å²) in [5, 5.41) is 3.10. The lowest BCUT2D eigenvalue weighted by Gasteiger charge is -2.19. The molecule has 0 aliphatic heterocycles. The van der Waals surface area contributed by atoms with Crippen LogP contribution in [0.1, 0.15) is 37.8 Å². The SMILES string of the molecule is Cc1cccc(C(C)C)c1NC(=O)[C@H](C)NS(=O)(=O)c1cc(Cl)ccc1Cl. The fraction of sp³-hybridized carbons (Fsp3) is 0.316. The minimum Gasteiger partial charge on any atom is -0.324 e. The van der Waals surface area contributed by atoms with Crippen molar-refractivity contribution in [3.8, 4) is 0 Å². The van der Waals surface area contributed by atoms with Crippen molar-refractivity contribution < 1.29 is 13.2 Å². The summed E-state index contributed by atoms with van der Waals surface area (Å²) in [6.07, 6.45) is 0. The van der Waals surface area contributed by atoms with Gasteiger partial charge in [0.15, 0.2) is 0 Å². The molecule has 27 heavy (non-hydrogen) atoms. The first-order chi connectivity index (χ1) is 12.5. The molecule has 0 heterocycles. The van der Waals surface area contributed by atoms with Gasteiger partial charge in [0.1, 0.15) is 4.90 Å². The summed E-state index contributed by atoms with van der Waals surface area (Å²) >= 11 is 11.8. The number of hydrogen-bond acceptors (Lipinski definition) is 3. The predicted molar refractivity (Wildman–Crippen MR) is 110 cm³/mol. The second kappa shape index (κ2) is 8.61. The molecule has 1 atom stereocenters. The molecule has 0 fully saturated rings. The highest BCUT2D eigenvalue weighted by Gasteiger charge is 2.25. The molecule has 0 saturated carbocycles. The summed E-state index contributed by atoms with van der Waals surface area (Å²) < 4.78 is 27.5. The summed E-state index contributed by atoms with van der Waals surface area (Å²) in [5.74, 6) is -0.259. The van der Waals surface area contributed by atoms with E-state index in [1.807, 2.05) is 39.0 Å². The minimum absolute atomic E-state index is 0.0282. The van der Waals surface area contributed by atoms with Crippen molar-refractivity contribution in [2.45, 2.75) is 44.6 Å². The average Bonchev–Trinajstić information content (AvgIpc) is 2.57. The molecule has 5 nitrogen and oxygen atoms in total. The highest BCUT2D eigenvalue weighted by Crippen LogP contribution is 2.28. The van der Waals surface area contributed by atoms with Crippen LogP contribution in [0, 0.1) is 6.92 Å². The Morgan fingerprint density at radius 3 is 2.37 bits per heavy atom. The first-order valence-electron chi connectivity index (χ1n) is 8.40. The molecule has 0 spiro atoms. The Balaban J connectivity index is 2.23. The van der Waals surface area contributed by atoms with Crippen LogP contribution in [0.4, 0.5) is 5.69 Å². The molecule has 0 aromatic heterocycles. The Morgan fingerprint density at radius 2 is 1.74 bits per heavy atom. The maximum absolute atomic E-state index is 12.6. The lowest BCUT2D eigenvalue weighted by atomic mass is 9.98. The highest BCUT2D eigenvalue weighted by molar-refractivity contribution is 7.89. The van der Waals surface area contributed by atoms with Gasteiger partial charge in [-0.05, 0) is 49.1 Å². The minimum atomic E-state index is -4.01. The fourth-order valence-corrected chi connectivity index (χ4v) is 4.57. The van der Waals surface area contributed by atoms with Gasteiger partial charge in [0.25, 0.3) is 0 Å². The smallest absolute Gasteiger partial charge is 0.242 e. The normalized spacial score (nSPS) is 12.9. The van der Waals surface area contributed by atoms with Gasteiger partial charge in [-0.2, -0.15) is 4.72 Å². The van der Waals surface area contributed by atoms with Crippen LogP contribution in [0.15, 0.2) is 41.3 Å². The topological polar surface area (TPSA) is 75.3 Å². The van der Waals surface area contributed by atoms with Gasteiger partial charge in [-0.25, -0.2) is 8.42 Å². The number of sulfonamides is 1. The molecule has 0 saturated heterocycles. The second-order valence-corrected chi connectivity index (χ2v) is 9.13. The van der Waals surface area contributed by atoms with E-state index >= 15 is 0 Å². The van der Waals surface area contributed by atoms with Crippen LogP contribution in [-0.2, 0) is 14.8 Å². The maximum Gasteiger partial charge on any atom is 0.242 e. The third kappa shape index (κ3) is 5.23. The highest BCUT2D eigenvalue weighted by atomic mass is 35.5. The molecule has 1 amide bonds. The van der Waals surface area contributed by atoms with Crippen LogP contribution < -0.4 is 10.0 Å². The van der Waals surface area contributed by atoms with Crippen molar-refractivity contribution >= 4 is 44.8 Å². The number of anilines is 1. The number of nitrogens with one attached hydrogen (secondary N) is 2. The van der Waals surface area contributed by atoms with E-state index in [2.05, 4.69) is 10.0 Å². The van der Waals surface area contributed by atoms with Crippen LogP contribution in [0.3, 0.4) is 0 Å². The zero-order chi connectivity index (χ0) is 20.4. The van der Waals surface area contributed by atoms with Gasteiger partial charge in [0.2, 0.25) is 15.9 Å². The van der Waals surface area contributed by atoms with Gasteiger partial charge in [-0.1, -0.05) is 55.2 Å². The van der Waals surface area contributed by atoms with Crippen molar-refractivity contribution in [3.63, 3.8) is 0 Å². The van der Waals surface area contributed by atoms with Gasteiger partial charge in [-0.15, -0.1) is 0 Å². The van der Waals surface area contributed by atoms with Crippen molar-refractivity contribution in [2.24, 2.45) is 0 Å². The van der Waals surface area contributed by atoms with Crippen LogP contribution in [0.2, 0.25) is 10.0 Å². The first kappa shape index (κ1) is 21.7. The van der Waals surface area contributed by atoms with Gasteiger partial charge in [0, 0.05) is 10.7 Å². The molecule has 146 valence electrons.